The van der Waals surface area contributed by atoms with Gasteiger partial charge in [0, 0.05) is 12.2 Å². The van der Waals surface area contributed by atoms with Crippen molar-refractivity contribution in [2.75, 3.05) is 31.2 Å². The van der Waals surface area contributed by atoms with E-state index >= 15 is 0 Å². The van der Waals surface area contributed by atoms with E-state index in [9.17, 15) is 9.18 Å². The first-order chi connectivity index (χ1) is 10.0. The van der Waals surface area contributed by atoms with Gasteiger partial charge in [-0.25, -0.2) is 4.39 Å². The Balaban J connectivity index is 1.81. The Morgan fingerprint density at radius 3 is 2.81 bits per heavy atom. The molecular weight excluding hydrogens is 269 g/mol. The number of hydrogen-bond acceptors (Lipinski definition) is 3. The van der Waals surface area contributed by atoms with Crippen molar-refractivity contribution >= 4 is 17.3 Å². The van der Waals surface area contributed by atoms with Gasteiger partial charge in [-0.05, 0) is 44.0 Å². The maximum Gasteiger partial charge on any atom is 0.238 e. The number of benzene rings is 1. The monoisotopic (exact) mass is 293 g/mol. The zero-order valence-corrected chi connectivity index (χ0v) is 12.6. The summed E-state index contributed by atoms with van der Waals surface area (Å²) in [7, 11) is 1.93. The van der Waals surface area contributed by atoms with Crippen LogP contribution in [0.2, 0.25) is 0 Å². The van der Waals surface area contributed by atoms with Crippen LogP contribution in [-0.2, 0) is 4.79 Å². The third-order valence-corrected chi connectivity index (χ3v) is 3.97. The van der Waals surface area contributed by atoms with Crippen LogP contribution in [0.5, 0.6) is 0 Å². The molecule has 3 N–H and O–H groups in total. The van der Waals surface area contributed by atoms with E-state index in [4.69, 9.17) is 5.73 Å². The van der Waals surface area contributed by atoms with Gasteiger partial charge in [0.05, 0.1) is 12.2 Å². The smallest absolute Gasteiger partial charge is 0.238 e. The van der Waals surface area contributed by atoms with Gasteiger partial charge >= 0.3 is 0 Å². The maximum atomic E-state index is 13.6. The predicted molar refractivity (Wildman–Crippen MR) is 83.5 cm³/mol. The fourth-order valence-electron chi connectivity index (χ4n) is 2.95. The minimum absolute atomic E-state index is 0.145. The van der Waals surface area contributed by atoms with Crippen molar-refractivity contribution in [1.29, 1.82) is 0 Å². The second-order valence-corrected chi connectivity index (χ2v) is 5.99. The van der Waals surface area contributed by atoms with E-state index in [0.29, 0.717) is 11.6 Å². The fourth-order valence-corrected chi connectivity index (χ4v) is 2.95. The molecule has 0 aromatic heterocycles. The van der Waals surface area contributed by atoms with Crippen LogP contribution < -0.4 is 11.1 Å². The summed E-state index contributed by atoms with van der Waals surface area (Å²) in [5, 5.41) is 2.58. The van der Waals surface area contributed by atoms with Crippen LogP contribution in [0.15, 0.2) is 18.2 Å². The highest BCUT2D eigenvalue weighted by molar-refractivity contribution is 5.92. The van der Waals surface area contributed by atoms with Crippen molar-refractivity contribution in [3.63, 3.8) is 0 Å². The van der Waals surface area contributed by atoms with Crippen molar-refractivity contribution in [3.8, 4) is 0 Å². The quantitative estimate of drug-likeness (QED) is 0.821. The molecule has 1 aromatic carbocycles. The van der Waals surface area contributed by atoms with Gasteiger partial charge in [0.15, 0.2) is 0 Å². The van der Waals surface area contributed by atoms with Crippen molar-refractivity contribution in [3.05, 3.63) is 24.0 Å². The molecule has 4 nitrogen and oxygen atoms in total. The zero-order chi connectivity index (χ0) is 15.2. The van der Waals surface area contributed by atoms with E-state index in [1.165, 1.54) is 50.3 Å². The first-order valence-corrected chi connectivity index (χ1v) is 7.58. The van der Waals surface area contributed by atoms with E-state index in [2.05, 4.69) is 5.32 Å². The number of nitrogens with zero attached hydrogens (tertiary/aromatic N) is 1. The standard InChI is InChI=1S/C16H24FN3O/c1-20(10-12-5-3-2-4-6-12)11-16(21)19-15-9-13(18)7-8-14(15)17/h7-9,12H,2-6,10-11,18H2,1H3,(H,19,21). The summed E-state index contributed by atoms with van der Waals surface area (Å²) < 4.78 is 13.6. The molecule has 1 aliphatic carbocycles. The first kappa shape index (κ1) is 15.8. The number of nitrogens with one attached hydrogen (secondary N) is 1. The highest BCUT2D eigenvalue weighted by Crippen LogP contribution is 2.24. The van der Waals surface area contributed by atoms with Gasteiger partial charge in [-0.2, -0.15) is 0 Å². The lowest BCUT2D eigenvalue weighted by molar-refractivity contribution is -0.117. The van der Waals surface area contributed by atoms with Crippen LogP contribution in [-0.4, -0.2) is 30.9 Å². The molecule has 116 valence electrons. The highest BCUT2D eigenvalue weighted by atomic mass is 19.1. The van der Waals surface area contributed by atoms with Gasteiger partial charge in [-0.3, -0.25) is 9.69 Å². The lowest BCUT2D eigenvalue weighted by atomic mass is 9.89. The maximum absolute atomic E-state index is 13.6. The Hall–Kier alpha value is -1.62. The van der Waals surface area contributed by atoms with Crippen LogP contribution in [0.3, 0.4) is 0 Å². The minimum Gasteiger partial charge on any atom is -0.399 e. The molecule has 0 aliphatic heterocycles. The highest BCUT2D eigenvalue weighted by Gasteiger charge is 2.17. The second kappa shape index (κ2) is 7.41. The Bertz CT molecular complexity index is 486. The Labute approximate surface area is 125 Å². The van der Waals surface area contributed by atoms with Gasteiger partial charge < -0.3 is 11.1 Å². The number of nitrogens with two attached hydrogens (primary N) is 1. The molecule has 1 amide bonds. The Morgan fingerprint density at radius 2 is 2.10 bits per heavy atom. The normalized spacial score (nSPS) is 16.1. The summed E-state index contributed by atoms with van der Waals surface area (Å²) in [4.78, 5) is 14.0. The number of hydrogen-bond donors (Lipinski definition) is 2. The van der Waals surface area contributed by atoms with E-state index in [0.717, 1.165) is 6.54 Å². The van der Waals surface area contributed by atoms with Crippen LogP contribution >= 0.6 is 0 Å². The van der Waals surface area contributed by atoms with E-state index in [-0.39, 0.29) is 18.1 Å². The molecule has 0 heterocycles. The number of rotatable bonds is 5. The van der Waals surface area contributed by atoms with Crippen LogP contribution in [0.1, 0.15) is 32.1 Å². The summed E-state index contributed by atoms with van der Waals surface area (Å²) in [5.74, 6) is 0.00551. The lowest BCUT2D eigenvalue weighted by Gasteiger charge is -2.26. The minimum atomic E-state index is -0.465. The summed E-state index contributed by atoms with van der Waals surface area (Å²) in [6.07, 6.45) is 6.40. The average Bonchev–Trinajstić information content (AvgIpc) is 2.43. The Morgan fingerprint density at radius 1 is 1.38 bits per heavy atom. The number of amides is 1. The second-order valence-electron chi connectivity index (χ2n) is 5.99. The summed E-state index contributed by atoms with van der Waals surface area (Å²) in [6.45, 7) is 1.19. The number of carbonyl (C=O) groups excluding carboxylic acids is 1. The number of carbonyl (C=O) groups is 1. The third-order valence-electron chi connectivity index (χ3n) is 3.97. The van der Waals surface area contributed by atoms with Gasteiger partial charge in [-0.15, -0.1) is 0 Å². The number of nitrogen functional groups attached to an aromatic ring is 1. The first-order valence-electron chi connectivity index (χ1n) is 7.58. The molecule has 0 bridgehead atoms. The largest absolute Gasteiger partial charge is 0.399 e. The lowest BCUT2D eigenvalue weighted by Crippen LogP contribution is -2.34. The molecule has 1 saturated carbocycles. The van der Waals surface area contributed by atoms with Crippen molar-refractivity contribution in [1.82, 2.24) is 4.90 Å². The van der Waals surface area contributed by atoms with Crippen LogP contribution in [0.25, 0.3) is 0 Å². The molecule has 2 rings (SSSR count). The third kappa shape index (κ3) is 5.01. The summed E-state index contributed by atoms with van der Waals surface area (Å²) in [5.41, 5.74) is 6.18. The summed E-state index contributed by atoms with van der Waals surface area (Å²) >= 11 is 0. The van der Waals surface area contributed by atoms with E-state index < -0.39 is 5.82 Å². The molecule has 1 aliphatic rings. The van der Waals surface area contributed by atoms with Crippen molar-refractivity contribution < 1.29 is 9.18 Å². The molecule has 0 atom stereocenters. The average molecular weight is 293 g/mol. The molecule has 5 heteroatoms. The number of likely N-dealkylation sites (N-methyl/N-ethyl adjacent to an activating group) is 1. The molecule has 21 heavy (non-hydrogen) atoms. The number of anilines is 2. The predicted octanol–water partition coefficient (Wildman–Crippen LogP) is 2.86. The topological polar surface area (TPSA) is 58.4 Å². The van der Waals surface area contributed by atoms with Gasteiger partial charge in [0.1, 0.15) is 5.82 Å². The zero-order valence-electron chi connectivity index (χ0n) is 12.6. The van der Waals surface area contributed by atoms with Crippen molar-refractivity contribution in [2.45, 2.75) is 32.1 Å². The van der Waals surface area contributed by atoms with Crippen LogP contribution in [0.4, 0.5) is 15.8 Å². The molecule has 1 fully saturated rings. The Kier molecular flexibility index (Phi) is 5.56. The van der Waals surface area contributed by atoms with Gasteiger partial charge in [-0.1, -0.05) is 19.3 Å². The fraction of sp³-hybridized carbons (Fsp3) is 0.562. The number of halogens is 1. The molecule has 0 saturated heterocycles. The molecule has 0 spiro atoms. The molecule has 0 unspecified atom stereocenters. The van der Waals surface area contributed by atoms with Gasteiger partial charge in [0.2, 0.25) is 5.91 Å². The molecule has 1 aromatic rings. The molecule has 0 radical (unpaired) electrons. The summed E-state index contributed by atoms with van der Waals surface area (Å²) in [6, 6.07) is 4.17. The van der Waals surface area contributed by atoms with E-state index in [1.54, 1.807) is 0 Å². The van der Waals surface area contributed by atoms with Gasteiger partial charge in [0.25, 0.3) is 0 Å². The van der Waals surface area contributed by atoms with Crippen LogP contribution in [0, 0.1) is 11.7 Å². The van der Waals surface area contributed by atoms with E-state index in [1.807, 2.05) is 11.9 Å². The van der Waals surface area contributed by atoms with Crippen molar-refractivity contribution in [2.24, 2.45) is 5.92 Å². The SMILES string of the molecule is CN(CC(=O)Nc1cc(N)ccc1F)CC1CCCCC1. The molecular formula is C16H24FN3O.